The molecule has 0 heterocycles. The number of ether oxygens (including phenoxy) is 1. The zero-order chi connectivity index (χ0) is 19.9. The predicted molar refractivity (Wildman–Crippen MR) is 111 cm³/mol. The molecule has 3 aromatic rings. The van der Waals surface area contributed by atoms with Gasteiger partial charge in [-0.3, -0.25) is 9.59 Å². The first-order valence-corrected chi connectivity index (χ1v) is 8.98. The van der Waals surface area contributed by atoms with Crippen molar-refractivity contribution in [2.45, 2.75) is 20.5 Å². The summed E-state index contributed by atoms with van der Waals surface area (Å²) in [7, 11) is 0. The van der Waals surface area contributed by atoms with Gasteiger partial charge in [-0.1, -0.05) is 42.5 Å². The van der Waals surface area contributed by atoms with Crippen molar-refractivity contribution in [1.29, 1.82) is 0 Å². The smallest absolute Gasteiger partial charge is 0.255 e. The van der Waals surface area contributed by atoms with E-state index in [0.717, 1.165) is 11.1 Å². The Bertz CT molecular complexity index is 984. The Labute approximate surface area is 164 Å². The van der Waals surface area contributed by atoms with Gasteiger partial charge in [-0.25, -0.2) is 0 Å². The van der Waals surface area contributed by atoms with Crippen LogP contribution >= 0.6 is 0 Å². The van der Waals surface area contributed by atoms with Crippen LogP contribution in [0.5, 0.6) is 5.75 Å². The summed E-state index contributed by atoms with van der Waals surface area (Å²) in [5.41, 5.74) is 3.66. The third kappa shape index (κ3) is 4.98. The van der Waals surface area contributed by atoms with Gasteiger partial charge in [-0.2, -0.15) is 0 Å². The standard InChI is InChI=1S/C23H22N2O3/c1-16-21(24-17(2)26)12-7-13-22(16)25-23(27)19-10-6-11-20(14-19)28-15-18-8-4-3-5-9-18/h3-14H,15H2,1-2H3,(H,24,26)(H,25,27). The van der Waals surface area contributed by atoms with Gasteiger partial charge in [0, 0.05) is 23.9 Å². The van der Waals surface area contributed by atoms with Crippen LogP contribution in [0.25, 0.3) is 0 Å². The average Bonchev–Trinajstić information content (AvgIpc) is 2.70. The predicted octanol–water partition coefficient (Wildman–Crippen LogP) is 4.78. The molecular formula is C23H22N2O3. The monoisotopic (exact) mass is 374 g/mol. The SMILES string of the molecule is CC(=O)Nc1cccc(NC(=O)c2cccc(OCc3ccccc3)c2)c1C. The summed E-state index contributed by atoms with van der Waals surface area (Å²) in [6.45, 7) is 3.73. The molecule has 0 unspecified atom stereocenters. The first-order chi connectivity index (χ1) is 13.5. The molecule has 0 aromatic heterocycles. The molecule has 0 aliphatic carbocycles. The van der Waals surface area contributed by atoms with E-state index in [4.69, 9.17) is 4.74 Å². The molecule has 0 fully saturated rings. The maximum absolute atomic E-state index is 12.7. The normalized spacial score (nSPS) is 10.2. The van der Waals surface area contributed by atoms with Gasteiger partial charge >= 0.3 is 0 Å². The van der Waals surface area contributed by atoms with Gasteiger partial charge in [0.2, 0.25) is 5.91 Å². The van der Waals surface area contributed by atoms with Crippen LogP contribution in [0.15, 0.2) is 72.8 Å². The van der Waals surface area contributed by atoms with Crippen LogP contribution in [0, 0.1) is 6.92 Å². The number of carbonyl (C=O) groups is 2. The molecule has 5 heteroatoms. The fraction of sp³-hybridized carbons (Fsp3) is 0.130. The first-order valence-electron chi connectivity index (χ1n) is 8.98. The van der Waals surface area contributed by atoms with Crippen LogP contribution in [-0.4, -0.2) is 11.8 Å². The molecule has 0 bridgehead atoms. The molecule has 142 valence electrons. The van der Waals surface area contributed by atoms with E-state index < -0.39 is 0 Å². The molecule has 3 aromatic carbocycles. The molecule has 3 rings (SSSR count). The van der Waals surface area contributed by atoms with E-state index in [-0.39, 0.29) is 11.8 Å². The molecular weight excluding hydrogens is 352 g/mol. The van der Waals surface area contributed by atoms with E-state index in [9.17, 15) is 9.59 Å². The summed E-state index contributed by atoms with van der Waals surface area (Å²) in [6.07, 6.45) is 0. The lowest BCUT2D eigenvalue weighted by molar-refractivity contribution is -0.114. The minimum atomic E-state index is -0.242. The van der Waals surface area contributed by atoms with Gasteiger partial charge in [0.25, 0.3) is 5.91 Å². The fourth-order valence-corrected chi connectivity index (χ4v) is 2.76. The van der Waals surface area contributed by atoms with E-state index >= 15 is 0 Å². The Morgan fingerprint density at radius 3 is 2.25 bits per heavy atom. The molecule has 0 atom stereocenters. The van der Waals surface area contributed by atoms with E-state index in [2.05, 4.69) is 10.6 Å². The molecule has 5 nitrogen and oxygen atoms in total. The number of benzene rings is 3. The number of carbonyl (C=O) groups excluding carboxylic acids is 2. The molecule has 0 saturated heterocycles. The van der Waals surface area contributed by atoms with Gasteiger partial charge in [0.15, 0.2) is 0 Å². The van der Waals surface area contributed by atoms with Crippen molar-refractivity contribution in [3.63, 3.8) is 0 Å². The molecule has 2 N–H and O–H groups in total. The van der Waals surface area contributed by atoms with Crippen molar-refractivity contribution in [1.82, 2.24) is 0 Å². The summed E-state index contributed by atoms with van der Waals surface area (Å²) < 4.78 is 5.79. The van der Waals surface area contributed by atoms with E-state index in [1.165, 1.54) is 6.92 Å². The van der Waals surface area contributed by atoms with Gasteiger partial charge in [-0.15, -0.1) is 0 Å². The van der Waals surface area contributed by atoms with Crippen LogP contribution in [0.2, 0.25) is 0 Å². The summed E-state index contributed by atoms with van der Waals surface area (Å²) in [5, 5.41) is 5.65. The minimum Gasteiger partial charge on any atom is -0.489 e. The van der Waals surface area contributed by atoms with Gasteiger partial charge in [0.1, 0.15) is 12.4 Å². The molecule has 2 amide bonds. The lowest BCUT2D eigenvalue weighted by atomic mass is 10.1. The van der Waals surface area contributed by atoms with Crippen molar-refractivity contribution in [2.24, 2.45) is 0 Å². The topological polar surface area (TPSA) is 67.4 Å². The first kappa shape index (κ1) is 19.2. The summed E-state index contributed by atoms with van der Waals surface area (Å²) >= 11 is 0. The number of anilines is 2. The Morgan fingerprint density at radius 1 is 0.857 bits per heavy atom. The second kappa shape index (κ2) is 8.86. The number of nitrogens with one attached hydrogen (secondary N) is 2. The third-order valence-electron chi connectivity index (χ3n) is 4.24. The Balaban J connectivity index is 1.70. The zero-order valence-electron chi connectivity index (χ0n) is 15.9. The average molecular weight is 374 g/mol. The zero-order valence-corrected chi connectivity index (χ0v) is 15.9. The fourth-order valence-electron chi connectivity index (χ4n) is 2.76. The second-order valence-corrected chi connectivity index (χ2v) is 6.42. The quantitative estimate of drug-likeness (QED) is 0.652. The van der Waals surface area contributed by atoms with Crippen molar-refractivity contribution in [3.05, 3.63) is 89.5 Å². The van der Waals surface area contributed by atoms with E-state index in [1.54, 1.807) is 36.4 Å². The van der Waals surface area contributed by atoms with Crippen LogP contribution in [0.1, 0.15) is 28.4 Å². The van der Waals surface area contributed by atoms with E-state index in [0.29, 0.717) is 29.3 Å². The Morgan fingerprint density at radius 2 is 1.54 bits per heavy atom. The molecule has 0 spiro atoms. The van der Waals surface area contributed by atoms with Gasteiger partial charge < -0.3 is 15.4 Å². The Hall–Kier alpha value is -3.60. The van der Waals surface area contributed by atoms with Crippen molar-refractivity contribution < 1.29 is 14.3 Å². The highest BCUT2D eigenvalue weighted by atomic mass is 16.5. The van der Waals surface area contributed by atoms with Gasteiger partial charge in [-0.05, 0) is 48.4 Å². The van der Waals surface area contributed by atoms with E-state index in [1.807, 2.05) is 43.3 Å². The Kier molecular flexibility index (Phi) is 6.07. The number of amides is 2. The molecule has 0 saturated carbocycles. The van der Waals surface area contributed by atoms with Crippen molar-refractivity contribution in [3.8, 4) is 5.75 Å². The number of hydrogen-bond donors (Lipinski definition) is 2. The molecule has 28 heavy (non-hydrogen) atoms. The largest absolute Gasteiger partial charge is 0.489 e. The van der Waals surface area contributed by atoms with Crippen LogP contribution in [0.4, 0.5) is 11.4 Å². The number of hydrogen-bond acceptors (Lipinski definition) is 3. The van der Waals surface area contributed by atoms with Crippen LogP contribution in [-0.2, 0) is 11.4 Å². The number of rotatable bonds is 6. The van der Waals surface area contributed by atoms with Crippen molar-refractivity contribution >= 4 is 23.2 Å². The van der Waals surface area contributed by atoms with Crippen molar-refractivity contribution in [2.75, 3.05) is 10.6 Å². The molecule has 0 aliphatic heterocycles. The molecule has 0 aliphatic rings. The highest BCUT2D eigenvalue weighted by Crippen LogP contribution is 2.24. The highest BCUT2D eigenvalue weighted by molar-refractivity contribution is 6.05. The summed E-state index contributed by atoms with van der Waals surface area (Å²) in [4.78, 5) is 24.0. The van der Waals surface area contributed by atoms with Gasteiger partial charge in [0.05, 0.1) is 0 Å². The lowest BCUT2D eigenvalue weighted by Crippen LogP contribution is -2.14. The third-order valence-corrected chi connectivity index (χ3v) is 4.24. The maximum atomic E-state index is 12.7. The van der Waals surface area contributed by atoms with Crippen LogP contribution in [0.3, 0.4) is 0 Å². The van der Waals surface area contributed by atoms with Crippen LogP contribution < -0.4 is 15.4 Å². The maximum Gasteiger partial charge on any atom is 0.255 e. The second-order valence-electron chi connectivity index (χ2n) is 6.42. The minimum absolute atomic E-state index is 0.158. The lowest BCUT2D eigenvalue weighted by Gasteiger charge is -2.13. The summed E-state index contributed by atoms with van der Waals surface area (Å²) in [6, 6.07) is 22.3. The highest BCUT2D eigenvalue weighted by Gasteiger charge is 2.11. The molecule has 0 radical (unpaired) electrons. The summed E-state index contributed by atoms with van der Waals surface area (Å²) in [5.74, 6) is 0.225.